The Bertz CT molecular complexity index is 1520. The zero-order valence-corrected chi connectivity index (χ0v) is 18.7. The van der Waals surface area contributed by atoms with E-state index in [1.807, 2.05) is 42.5 Å². The Morgan fingerprint density at radius 1 is 0.971 bits per heavy atom. The van der Waals surface area contributed by atoms with Crippen LogP contribution < -0.4 is 10.2 Å². The number of ether oxygens (including phenoxy) is 1. The number of aromatic nitrogens is 2. The molecule has 0 saturated carbocycles. The standard InChI is InChI=1S/C28H22N4O3/c33-26-14-5-2-9-20(26)17-29-32-28(34)25-16-24(30-31-25)23-13-4-6-15-27(23)35-18-21-11-7-10-19-8-1-3-12-22(19)21/h1-17,33H,18H2,(H,30,31)(H,32,34)/b29-17-. The molecule has 1 aromatic heterocycles. The van der Waals surface area contributed by atoms with E-state index in [9.17, 15) is 9.90 Å². The first-order valence-electron chi connectivity index (χ1n) is 11.0. The number of hydrogen-bond acceptors (Lipinski definition) is 5. The molecule has 7 heteroatoms. The number of amides is 1. The van der Waals surface area contributed by atoms with Gasteiger partial charge in [-0.3, -0.25) is 9.89 Å². The quantitative estimate of drug-likeness (QED) is 0.226. The van der Waals surface area contributed by atoms with Crippen molar-refractivity contribution in [3.05, 3.63) is 114 Å². The number of aromatic amines is 1. The highest BCUT2D eigenvalue weighted by atomic mass is 16.5. The summed E-state index contributed by atoms with van der Waals surface area (Å²) in [5, 5.41) is 23.0. The van der Waals surface area contributed by atoms with Gasteiger partial charge in [0.1, 0.15) is 23.8 Å². The highest BCUT2D eigenvalue weighted by Gasteiger charge is 2.14. The van der Waals surface area contributed by atoms with E-state index >= 15 is 0 Å². The van der Waals surface area contributed by atoms with E-state index < -0.39 is 5.91 Å². The van der Waals surface area contributed by atoms with Crippen molar-refractivity contribution in [1.82, 2.24) is 15.6 Å². The van der Waals surface area contributed by atoms with Crippen molar-refractivity contribution in [2.24, 2.45) is 5.10 Å². The zero-order valence-electron chi connectivity index (χ0n) is 18.7. The lowest BCUT2D eigenvalue weighted by molar-refractivity contribution is 0.0950. The number of nitrogens with zero attached hydrogens (tertiary/aromatic N) is 2. The summed E-state index contributed by atoms with van der Waals surface area (Å²) < 4.78 is 6.18. The molecule has 5 aromatic rings. The SMILES string of the molecule is O=C(N/N=C\c1ccccc1O)c1cc(-c2ccccc2OCc2cccc3ccccc23)n[nH]1. The van der Waals surface area contributed by atoms with E-state index in [4.69, 9.17) is 4.74 Å². The molecule has 7 nitrogen and oxygen atoms in total. The molecule has 35 heavy (non-hydrogen) atoms. The largest absolute Gasteiger partial charge is 0.507 e. The Kier molecular flexibility index (Phi) is 6.21. The summed E-state index contributed by atoms with van der Waals surface area (Å²) in [5.74, 6) is 0.287. The van der Waals surface area contributed by atoms with Gasteiger partial charge in [-0.2, -0.15) is 10.2 Å². The second kappa shape index (κ2) is 9.93. The normalized spacial score (nSPS) is 11.1. The molecule has 4 aromatic carbocycles. The molecule has 1 heterocycles. The first kappa shape index (κ1) is 21.9. The molecule has 5 rings (SSSR count). The maximum atomic E-state index is 12.5. The number of phenolic OH excluding ortho intramolecular Hbond substituents is 1. The van der Waals surface area contributed by atoms with Gasteiger partial charge in [0.05, 0.1) is 11.9 Å². The molecule has 1 amide bonds. The molecule has 0 aliphatic rings. The van der Waals surface area contributed by atoms with Crippen LogP contribution in [-0.4, -0.2) is 27.4 Å². The second-order valence-electron chi connectivity index (χ2n) is 7.85. The molecule has 0 unspecified atom stereocenters. The lowest BCUT2D eigenvalue weighted by Gasteiger charge is -2.12. The molecule has 0 saturated heterocycles. The van der Waals surface area contributed by atoms with Crippen LogP contribution in [0.25, 0.3) is 22.0 Å². The van der Waals surface area contributed by atoms with Crippen LogP contribution in [-0.2, 0) is 6.61 Å². The predicted octanol–water partition coefficient (Wildman–Crippen LogP) is 5.28. The van der Waals surface area contributed by atoms with Crippen LogP contribution >= 0.6 is 0 Å². The Morgan fingerprint density at radius 3 is 2.66 bits per heavy atom. The number of aromatic hydroxyl groups is 1. The molecule has 0 fully saturated rings. The third-order valence-electron chi connectivity index (χ3n) is 5.56. The summed E-state index contributed by atoms with van der Waals surface area (Å²) in [5.41, 5.74) is 5.61. The van der Waals surface area contributed by atoms with Gasteiger partial charge >= 0.3 is 0 Å². The first-order valence-corrected chi connectivity index (χ1v) is 11.0. The smallest absolute Gasteiger partial charge is 0.289 e. The minimum absolute atomic E-state index is 0.0782. The average Bonchev–Trinajstić information content (AvgIpc) is 3.39. The van der Waals surface area contributed by atoms with Gasteiger partial charge in [-0.05, 0) is 46.7 Å². The summed E-state index contributed by atoms with van der Waals surface area (Å²) in [6.45, 7) is 0.400. The van der Waals surface area contributed by atoms with Crippen LogP contribution in [0, 0.1) is 0 Å². The fraction of sp³-hybridized carbons (Fsp3) is 0.0357. The number of carbonyl (C=O) groups is 1. The number of para-hydroxylation sites is 2. The van der Waals surface area contributed by atoms with Crippen LogP contribution in [0.2, 0.25) is 0 Å². The first-order chi connectivity index (χ1) is 17.2. The maximum absolute atomic E-state index is 12.5. The summed E-state index contributed by atoms with van der Waals surface area (Å²) >= 11 is 0. The number of phenols is 1. The van der Waals surface area contributed by atoms with Crippen molar-refractivity contribution in [2.45, 2.75) is 6.61 Å². The van der Waals surface area contributed by atoms with Crippen LogP contribution in [0.1, 0.15) is 21.6 Å². The highest BCUT2D eigenvalue weighted by molar-refractivity contribution is 5.94. The number of nitrogens with one attached hydrogen (secondary N) is 2. The monoisotopic (exact) mass is 462 g/mol. The summed E-state index contributed by atoms with van der Waals surface area (Å²) in [7, 11) is 0. The molecule has 0 aliphatic heterocycles. The zero-order chi connectivity index (χ0) is 24.0. The van der Waals surface area contributed by atoms with E-state index in [2.05, 4.69) is 45.0 Å². The van der Waals surface area contributed by atoms with Gasteiger partial charge in [0, 0.05) is 11.1 Å². The lowest BCUT2D eigenvalue weighted by Crippen LogP contribution is -2.18. The fourth-order valence-electron chi connectivity index (χ4n) is 3.77. The van der Waals surface area contributed by atoms with Crippen LogP contribution in [0.3, 0.4) is 0 Å². The minimum Gasteiger partial charge on any atom is -0.507 e. The van der Waals surface area contributed by atoms with Crippen molar-refractivity contribution in [3.63, 3.8) is 0 Å². The highest BCUT2D eigenvalue weighted by Crippen LogP contribution is 2.30. The molecular weight excluding hydrogens is 440 g/mol. The third-order valence-corrected chi connectivity index (χ3v) is 5.56. The molecule has 0 aliphatic carbocycles. The Balaban J connectivity index is 1.30. The molecule has 172 valence electrons. The second-order valence-corrected chi connectivity index (χ2v) is 7.85. The molecule has 0 atom stereocenters. The van der Waals surface area contributed by atoms with Crippen molar-refractivity contribution in [2.75, 3.05) is 0 Å². The Labute approximate surface area is 201 Å². The number of hydrazone groups is 1. The predicted molar refractivity (Wildman–Crippen MR) is 135 cm³/mol. The number of fused-ring (bicyclic) bond motifs is 1. The summed E-state index contributed by atoms with van der Waals surface area (Å²) in [6, 6.07) is 30.3. The number of rotatable bonds is 7. The van der Waals surface area contributed by atoms with Crippen molar-refractivity contribution in [1.29, 1.82) is 0 Å². The van der Waals surface area contributed by atoms with Crippen LogP contribution in [0.15, 0.2) is 102 Å². The molecule has 3 N–H and O–H groups in total. The minimum atomic E-state index is -0.454. The van der Waals surface area contributed by atoms with E-state index in [0.29, 0.717) is 23.6 Å². The van der Waals surface area contributed by atoms with Gasteiger partial charge < -0.3 is 9.84 Å². The van der Waals surface area contributed by atoms with Crippen molar-refractivity contribution in [3.8, 4) is 22.8 Å². The van der Waals surface area contributed by atoms with Crippen LogP contribution in [0.4, 0.5) is 0 Å². The molecule has 0 radical (unpaired) electrons. The number of H-pyrrole nitrogens is 1. The van der Waals surface area contributed by atoms with Crippen molar-refractivity contribution >= 4 is 22.9 Å². The molecular formula is C28H22N4O3. The van der Waals surface area contributed by atoms with E-state index in [0.717, 1.165) is 21.9 Å². The number of carbonyl (C=O) groups excluding carboxylic acids is 1. The number of hydrogen-bond donors (Lipinski definition) is 3. The van der Waals surface area contributed by atoms with Crippen LogP contribution in [0.5, 0.6) is 11.5 Å². The third kappa shape index (κ3) is 4.89. The molecule has 0 bridgehead atoms. The lowest BCUT2D eigenvalue weighted by atomic mass is 10.1. The summed E-state index contributed by atoms with van der Waals surface area (Å²) in [6.07, 6.45) is 1.38. The maximum Gasteiger partial charge on any atom is 0.289 e. The number of benzene rings is 4. The fourth-order valence-corrected chi connectivity index (χ4v) is 3.77. The van der Waals surface area contributed by atoms with E-state index in [1.165, 1.54) is 6.21 Å². The van der Waals surface area contributed by atoms with Crippen molar-refractivity contribution < 1.29 is 14.6 Å². The van der Waals surface area contributed by atoms with Gasteiger partial charge in [0.25, 0.3) is 5.91 Å². The topological polar surface area (TPSA) is 99.6 Å². The van der Waals surface area contributed by atoms with Gasteiger partial charge in [0.15, 0.2) is 0 Å². The Morgan fingerprint density at radius 2 is 1.74 bits per heavy atom. The van der Waals surface area contributed by atoms with Gasteiger partial charge in [-0.15, -0.1) is 0 Å². The van der Waals surface area contributed by atoms with E-state index in [1.54, 1.807) is 30.3 Å². The average molecular weight is 463 g/mol. The molecule has 0 spiro atoms. The van der Waals surface area contributed by atoms with Gasteiger partial charge in [-0.25, -0.2) is 5.43 Å². The van der Waals surface area contributed by atoms with Gasteiger partial charge in [0.2, 0.25) is 0 Å². The van der Waals surface area contributed by atoms with E-state index in [-0.39, 0.29) is 11.4 Å². The summed E-state index contributed by atoms with van der Waals surface area (Å²) in [4.78, 5) is 12.5. The Hall–Kier alpha value is -4.91. The van der Waals surface area contributed by atoms with Gasteiger partial charge in [-0.1, -0.05) is 66.7 Å².